The molecule has 0 aromatic heterocycles. The summed E-state index contributed by atoms with van der Waals surface area (Å²) in [6.07, 6.45) is -3.48. The molecule has 0 saturated carbocycles. The Morgan fingerprint density at radius 2 is 1.64 bits per heavy atom. The van der Waals surface area contributed by atoms with Gasteiger partial charge < -0.3 is 0 Å². The van der Waals surface area contributed by atoms with Crippen LogP contribution >= 0.6 is 0 Å². The summed E-state index contributed by atoms with van der Waals surface area (Å²) in [5, 5.41) is 4.63. The van der Waals surface area contributed by atoms with E-state index in [2.05, 4.69) is 5.14 Å². The molecule has 1 aliphatic rings. The Morgan fingerprint density at radius 3 is 1.82 bits per heavy atom. The van der Waals surface area contributed by atoms with Gasteiger partial charge in [0.25, 0.3) is 10.2 Å². The number of alkyl halides is 2. The van der Waals surface area contributed by atoms with E-state index < -0.39 is 35.6 Å². The maximum atomic E-state index is 12.4. The molecule has 0 spiro atoms. The molecule has 0 radical (unpaired) electrons. The summed E-state index contributed by atoms with van der Waals surface area (Å²) in [4.78, 5) is 0. The summed E-state index contributed by atoms with van der Waals surface area (Å²) in [6, 6.07) is 0. The van der Waals surface area contributed by atoms with Gasteiger partial charge in [-0.05, 0) is 0 Å². The zero-order valence-corrected chi connectivity index (χ0v) is 6.39. The molecular weight excluding hydrogens is 178 g/mol. The van der Waals surface area contributed by atoms with Crippen LogP contribution in [0.2, 0.25) is 0 Å². The lowest BCUT2D eigenvalue weighted by Crippen LogP contribution is -2.35. The summed E-state index contributed by atoms with van der Waals surface area (Å²) in [7, 11) is -3.92. The van der Waals surface area contributed by atoms with Crippen LogP contribution < -0.4 is 5.14 Å². The van der Waals surface area contributed by atoms with E-state index in [0.717, 1.165) is 0 Å². The average Bonchev–Trinajstić information content (AvgIpc) is 2.11. The number of halogens is 2. The Kier molecular flexibility index (Phi) is 2.13. The van der Waals surface area contributed by atoms with E-state index in [0.29, 0.717) is 4.31 Å². The van der Waals surface area contributed by atoms with Gasteiger partial charge in [0.1, 0.15) is 12.3 Å². The van der Waals surface area contributed by atoms with Gasteiger partial charge in [0.15, 0.2) is 0 Å². The molecule has 0 aromatic rings. The molecule has 11 heavy (non-hydrogen) atoms. The first-order valence-electron chi connectivity index (χ1n) is 2.97. The molecule has 1 aliphatic heterocycles. The van der Waals surface area contributed by atoms with Crippen LogP contribution in [-0.2, 0) is 10.2 Å². The molecule has 2 unspecified atom stereocenters. The molecule has 2 N–H and O–H groups in total. The molecule has 4 nitrogen and oxygen atoms in total. The predicted molar refractivity (Wildman–Crippen MR) is 34.5 cm³/mol. The second kappa shape index (κ2) is 2.65. The van der Waals surface area contributed by atoms with Crippen molar-refractivity contribution < 1.29 is 17.2 Å². The first-order valence-corrected chi connectivity index (χ1v) is 4.47. The molecule has 0 aromatic carbocycles. The second-order valence-corrected chi connectivity index (χ2v) is 3.94. The summed E-state index contributed by atoms with van der Waals surface area (Å²) in [5.74, 6) is 0. The quantitative estimate of drug-likeness (QED) is 0.581. The van der Waals surface area contributed by atoms with Crippen LogP contribution in [0.5, 0.6) is 0 Å². The van der Waals surface area contributed by atoms with Crippen molar-refractivity contribution in [2.75, 3.05) is 13.1 Å². The van der Waals surface area contributed by atoms with Crippen LogP contribution in [0.1, 0.15) is 0 Å². The Bertz CT molecular complexity index is 232. The molecule has 66 valence electrons. The van der Waals surface area contributed by atoms with E-state index in [1.54, 1.807) is 0 Å². The third-order valence-corrected chi connectivity index (χ3v) is 2.53. The van der Waals surface area contributed by atoms with Crippen molar-refractivity contribution >= 4 is 10.2 Å². The van der Waals surface area contributed by atoms with Gasteiger partial charge in [-0.3, -0.25) is 0 Å². The third-order valence-electron chi connectivity index (χ3n) is 1.51. The van der Waals surface area contributed by atoms with E-state index in [1.165, 1.54) is 0 Å². The van der Waals surface area contributed by atoms with E-state index in [1.807, 2.05) is 0 Å². The maximum absolute atomic E-state index is 12.4. The molecular formula is C4H8F2N2O2S. The lowest BCUT2D eigenvalue weighted by molar-refractivity contribution is 0.217. The van der Waals surface area contributed by atoms with E-state index >= 15 is 0 Å². The molecule has 1 saturated heterocycles. The highest BCUT2D eigenvalue weighted by Crippen LogP contribution is 2.17. The van der Waals surface area contributed by atoms with Gasteiger partial charge in [0.2, 0.25) is 0 Å². The molecule has 1 rings (SSSR count). The van der Waals surface area contributed by atoms with Gasteiger partial charge in [0.05, 0.1) is 0 Å². The summed E-state index contributed by atoms with van der Waals surface area (Å²) < 4.78 is 46.3. The minimum Gasteiger partial charge on any atom is -0.243 e. The molecule has 7 heteroatoms. The number of hydrogen-bond acceptors (Lipinski definition) is 2. The summed E-state index contributed by atoms with van der Waals surface area (Å²) in [6.45, 7) is -0.944. The Balaban J connectivity index is 2.69. The smallest absolute Gasteiger partial charge is 0.243 e. The molecule has 1 fully saturated rings. The molecule has 0 amide bonds. The first kappa shape index (κ1) is 8.82. The predicted octanol–water partition coefficient (Wildman–Crippen LogP) is -0.818. The number of nitrogens with two attached hydrogens (primary N) is 1. The highest BCUT2D eigenvalue weighted by molar-refractivity contribution is 7.86. The van der Waals surface area contributed by atoms with E-state index in [-0.39, 0.29) is 0 Å². The van der Waals surface area contributed by atoms with Crippen LogP contribution in [0.25, 0.3) is 0 Å². The fourth-order valence-corrected chi connectivity index (χ4v) is 1.60. The molecule has 0 bridgehead atoms. The SMILES string of the molecule is NS(=O)(=O)N1CC(F)C(F)C1. The van der Waals surface area contributed by atoms with Gasteiger partial charge in [0, 0.05) is 13.1 Å². The fourth-order valence-electron chi connectivity index (χ4n) is 0.900. The minimum absolute atomic E-state index is 0.472. The third kappa shape index (κ3) is 1.85. The van der Waals surface area contributed by atoms with Gasteiger partial charge in [-0.1, -0.05) is 0 Å². The lowest BCUT2D eigenvalue weighted by atomic mass is 10.3. The summed E-state index contributed by atoms with van der Waals surface area (Å²) in [5.41, 5.74) is 0. The fraction of sp³-hybridized carbons (Fsp3) is 1.00. The zero-order chi connectivity index (χ0) is 8.65. The van der Waals surface area contributed by atoms with E-state index in [9.17, 15) is 17.2 Å². The topological polar surface area (TPSA) is 63.4 Å². The second-order valence-electron chi connectivity index (χ2n) is 2.39. The first-order chi connectivity index (χ1) is 4.91. The van der Waals surface area contributed by atoms with Gasteiger partial charge >= 0.3 is 0 Å². The summed E-state index contributed by atoms with van der Waals surface area (Å²) >= 11 is 0. The van der Waals surface area contributed by atoms with Crippen LogP contribution in [0, 0.1) is 0 Å². The van der Waals surface area contributed by atoms with E-state index in [4.69, 9.17) is 0 Å². The van der Waals surface area contributed by atoms with Crippen molar-refractivity contribution in [2.24, 2.45) is 5.14 Å². The largest absolute Gasteiger partial charge is 0.277 e. The van der Waals surface area contributed by atoms with Gasteiger partial charge in [-0.15, -0.1) is 0 Å². The highest BCUT2D eigenvalue weighted by atomic mass is 32.2. The van der Waals surface area contributed by atoms with Crippen LogP contribution in [-0.4, -0.2) is 38.2 Å². The molecule has 0 aliphatic carbocycles. The lowest BCUT2D eigenvalue weighted by Gasteiger charge is -2.09. The number of rotatable bonds is 1. The molecule has 2 atom stereocenters. The Labute approximate surface area is 63.2 Å². The minimum atomic E-state index is -3.92. The number of hydrogen-bond donors (Lipinski definition) is 1. The van der Waals surface area contributed by atoms with Crippen LogP contribution in [0.15, 0.2) is 0 Å². The van der Waals surface area contributed by atoms with Crippen LogP contribution in [0.4, 0.5) is 8.78 Å². The number of nitrogens with zero attached hydrogens (tertiary/aromatic N) is 1. The van der Waals surface area contributed by atoms with Crippen LogP contribution in [0.3, 0.4) is 0 Å². The average molecular weight is 186 g/mol. The normalized spacial score (nSPS) is 34.5. The van der Waals surface area contributed by atoms with Crippen molar-refractivity contribution in [2.45, 2.75) is 12.3 Å². The monoisotopic (exact) mass is 186 g/mol. The maximum Gasteiger partial charge on any atom is 0.277 e. The van der Waals surface area contributed by atoms with Gasteiger partial charge in [-0.2, -0.15) is 12.7 Å². The van der Waals surface area contributed by atoms with Crippen molar-refractivity contribution in [3.8, 4) is 0 Å². The van der Waals surface area contributed by atoms with Crippen molar-refractivity contribution in [1.82, 2.24) is 4.31 Å². The van der Waals surface area contributed by atoms with Gasteiger partial charge in [-0.25, -0.2) is 13.9 Å². The van der Waals surface area contributed by atoms with Crippen molar-refractivity contribution in [1.29, 1.82) is 0 Å². The Morgan fingerprint density at radius 1 is 1.27 bits per heavy atom. The van der Waals surface area contributed by atoms with Crippen molar-refractivity contribution in [3.63, 3.8) is 0 Å². The highest BCUT2D eigenvalue weighted by Gasteiger charge is 2.37. The van der Waals surface area contributed by atoms with Crippen molar-refractivity contribution in [3.05, 3.63) is 0 Å². The Hall–Kier alpha value is -0.270. The standard InChI is InChI=1S/C4H8F2N2O2S/c5-3-1-8(2-4(3)6)11(7,9)10/h3-4H,1-2H2,(H2,7,9,10). The zero-order valence-electron chi connectivity index (χ0n) is 5.57. The molecule has 1 heterocycles.